The number of thioether (sulfide) groups is 1. The second-order valence-corrected chi connectivity index (χ2v) is 8.42. The number of carbonyl (C=O) groups is 1. The Labute approximate surface area is 189 Å². The van der Waals surface area contributed by atoms with Crippen molar-refractivity contribution >= 4 is 45.8 Å². The van der Waals surface area contributed by atoms with Crippen LogP contribution in [0.1, 0.15) is 27.2 Å². The number of imidazole rings is 1. The first kappa shape index (κ1) is 20.1. The van der Waals surface area contributed by atoms with Crippen molar-refractivity contribution in [1.29, 1.82) is 0 Å². The molecule has 3 N–H and O–H groups in total. The van der Waals surface area contributed by atoms with Crippen LogP contribution in [0.3, 0.4) is 0 Å². The lowest BCUT2D eigenvalue weighted by atomic mass is 10.1. The summed E-state index contributed by atoms with van der Waals surface area (Å²) >= 11 is 1.63. The summed E-state index contributed by atoms with van der Waals surface area (Å²) in [6, 6.07) is 23.5. The molecule has 0 saturated carbocycles. The van der Waals surface area contributed by atoms with Gasteiger partial charge in [-0.05, 0) is 42.8 Å². The number of nitrogens with zero attached hydrogens (tertiary/aromatic N) is 2. The van der Waals surface area contributed by atoms with Crippen LogP contribution < -0.4 is 5.43 Å². The van der Waals surface area contributed by atoms with Gasteiger partial charge in [-0.2, -0.15) is 5.10 Å². The van der Waals surface area contributed by atoms with Crippen molar-refractivity contribution in [3.05, 3.63) is 95.2 Å². The van der Waals surface area contributed by atoms with E-state index in [1.807, 2.05) is 79.7 Å². The monoisotopic (exact) mass is 439 g/mol. The molecule has 5 aromatic rings. The van der Waals surface area contributed by atoms with E-state index in [4.69, 9.17) is 0 Å². The van der Waals surface area contributed by atoms with Gasteiger partial charge in [0.25, 0.3) is 5.91 Å². The molecule has 0 saturated heterocycles. The molecular weight excluding hydrogens is 418 g/mol. The molecule has 0 aliphatic carbocycles. The van der Waals surface area contributed by atoms with Gasteiger partial charge < -0.3 is 9.97 Å². The summed E-state index contributed by atoms with van der Waals surface area (Å²) in [5.74, 6) is 0.523. The number of fused-ring (bicyclic) bond motifs is 2. The Morgan fingerprint density at radius 1 is 1.00 bits per heavy atom. The van der Waals surface area contributed by atoms with E-state index < -0.39 is 0 Å². The second-order valence-electron chi connectivity index (χ2n) is 7.45. The summed E-state index contributed by atoms with van der Waals surface area (Å²) < 4.78 is 0. The molecule has 1 amide bonds. The molecule has 5 rings (SSSR count). The fraction of sp³-hybridized carbons (Fsp3) is 0.0800. The van der Waals surface area contributed by atoms with Crippen LogP contribution >= 0.6 is 11.8 Å². The van der Waals surface area contributed by atoms with Crippen molar-refractivity contribution in [2.45, 2.75) is 17.8 Å². The number of hydrazone groups is 1. The van der Waals surface area contributed by atoms with Crippen LogP contribution in [0.5, 0.6) is 0 Å². The summed E-state index contributed by atoms with van der Waals surface area (Å²) in [6.45, 7) is 1.99. The van der Waals surface area contributed by atoms with Crippen LogP contribution in [-0.2, 0) is 5.75 Å². The normalized spacial score (nSPS) is 11.5. The van der Waals surface area contributed by atoms with Crippen LogP contribution in [0.2, 0.25) is 0 Å². The van der Waals surface area contributed by atoms with E-state index in [-0.39, 0.29) is 5.91 Å². The van der Waals surface area contributed by atoms with Gasteiger partial charge in [0.1, 0.15) is 0 Å². The van der Waals surface area contributed by atoms with Crippen LogP contribution in [0.4, 0.5) is 0 Å². The number of benzene rings is 3. The number of H-pyrrole nitrogens is 2. The number of hydrogen-bond donors (Lipinski definition) is 3. The van der Waals surface area contributed by atoms with E-state index in [1.165, 1.54) is 0 Å². The average molecular weight is 440 g/mol. The first-order valence-electron chi connectivity index (χ1n) is 10.2. The molecule has 6 nitrogen and oxygen atoms in total. The molecular formula is C25H21N5OS. The van der Waals surface area contributed by atoms with Crippen molar-refractivity contribution < 1.29 is 4.79 Å². The van der Waals surface area contributed by atoms with Gasteiger partial charge in [-0.1, -0.05) is 54.2 Å². The molecule has 0 spiro atoms. The Morgan fingerprint density at radius 2 is 1.75 bits per heavy atom. The Hall–Kier alpha value is -3.84. The third-order valence-electron chi connectivity index (χ3n) is 5.26. The number of amides is 1. The highest BCUT2D eigenvalue weighted by Crippen LogP contribution is 2.23. The number of nitrogens with one attached hydrogen (secondary N) is 3. The highest BCUT2D eigenvalue weighted by molar-refractivity contribution is 7.98. The lowest BCUT2D eigenvalue weighted by molar-refractivity contribution is 0.0955. The van der Waals surface area contributed by atoms with Crippen molar-refractivity contribution in [2.75, 3.05) is 0 Å². The van der Waals surface area contributed by atoms with Gasteiger partial charge in [0.2, 0.25) is 0 Å². The van der Waals surface area contributed by atoms with Gasteiger partial charge in [-0.3, -0.25) is 4.79 Å². The van der Waals surface area contributed by atoms with Gasteiger partial charge in [-0.15, -0.1) is 0 Å². The standard InChI is InChI=1S/C25H21N5OS/c1-16-20(19-6-2-3-7-21(19)27-16)14-26-30-24(31)18-12-10-17(11-13-18)15-32-25-28-22-8-4-5-9-23(22)29-25/h2-14,27H,15H2,1H3,(H,28,29)(H,30,31). The highest BCUT2D eigenvalue weighted by atomic mass is 32.2. The molecule has 0 fully saturated rings. The Kier molecular flexibility index (Phi) is 5.47. The van der Waals surface area contributed by atoms with Gasteiger partial charge >= 0.3 is 0 Å². The molecule has 2 aromatic heterocycles. The minimum atomic E-state index is -0.241. The first-order chi connectivity index (χ1) is 15.7. The Bertz CT molecular complexity index is 1400. The van der Waals surface area contributed by atoms with Crippen LogP contribution in [0.15, 0.2) is 83.1 Å². The van der Waals surface area contributed by atoms with Crippen molar-refractivity contribution in [1.82, 2.24) is 20.4 Å². The number of rotatable bonds is 6. The minimum Gasteiger partial charge on any atom is -0.358 e. The Morgan fingerprint density at radius 3 is 2.56 bits per heavy atom. The van der Waals surface area contributed by atoms with E-state index in [0.717, 1.165) is 49.7 Å². The quantitative estimate of drug-likeness (QED) is 0.188. The third kappa shape index (κ3) is 4.15. The predicted octanol–water partition coefficient (Wildman–Crippen LogP) is 5.41. The van der Waals surface area contributed by atoms with Gasteiger partial charge in [0.15, 0.2) is 5.16 Å². The molecule has 0 aliphatic heterocycles. The maximum absolute atomic E-state index is 12.5. The molecule has 32 heavy (non-hydrogen) atoms. The number of carbonyl (C=O) groups excluding carboxylic acids is 1. The van der Waals surface area contributed by atoms with E-state index in [9.17, 15) is 4.79 Å². The zero-order valence-electron chi connectivity index (χ0n) is 17.4. The number of aromatic amines is 2. The van der Waals surface area contributed by atoms with Gasteiger partial charge in [0, 0.05) is 33.5 Å². The number of aromatic nitrogens is 3. The second kappa shape index (κ2) is 8.72. The smallest absolute Gasteiger partial charge is 0.271 e. The van der Waals surface area contributed by atoms with Gasteiger partial charge in [-0.25, -0.2) is 10.4 Å². The fourth-order valence-electron chi connectivity index (χ4n) is 3.59. The van der Waals surface area contributed by atoms with E-state index in [0.29, 0.717) is 5.56 Å². The fourth-order valence-corrected chi connectivity index (χ4v) is 4.43. The largest absolute Gasteiger partial charge is 0.358 e. The molecule has 0 aliphatic rings. The Balaban J connectivity index is 1.20. The zero-order chi connectivity index (χ0) is 21.9. The maximum Gasteiger partial charge on any atom is 0.271 e. The lowest BCUT2D eigenvalue weighted by Crippen LogP contribution is -2.17. The summed E-state index contributed by atoms with van der Waals surface area (Å²) in [5.41, 5.74) is 9.33. The number of hydrogen-bond acceptors (Lipinski definition) is 4. The van der Waals surface area contributed by atoms with E-state index >= 15 is 0 Å². The summed E-state index contributed by atoms with van der Waals surface area (Å²) in [7, 11) is 0. The van der Waals surface area contributed by atoms with Crippen molar-refractivity contribution in [3.63, 3.8) is 0 Å². The number of aryl methyl sites for hydroxylation is 1. The van der Waals surface area contributed by atoms with Crippen molar-refractivity contribution in [3.8, 4) is 0 Å². The predicted molar refractivity (Wildman–Crippen MR) is 130 cm³/mol. The zero-order valence-corrected chi connectivity index (χ0v) is 18.2. The molecule has 158 valence electrons. The summed E-state index contributed by atoms with van der Waals surface area (Å²) in [5, 5.41) is 6.12. The van der Waals surface area contributed by atoms with E-state index in [1.54, 1.807) is 18.0 Å². The highest BCUT2D eigenvalue weighted by Gasteiger charge is 2.08. The molecule has 2 heterocycles. The molecule has 0 atom stereocenters. The molecule has 0 unspecified atom stereocenters. The van der Waals surface area contributed by atoms with Crippen molar-refractivity contribution in [2.24, 2.45) is 5.10 Å². The average Bonchev–Trinajstić information content (AvgIpc) is 3.38. The minimum absolute atomic E-state index is 0.241. The topological polar surface area (TPSA) is 85.9 Å². The summed E-state index contributed by atoms with van der Waals surface area (Å²) in [6.07, 6.45) is 1.68. The first-order valence-corrected chi connectivity index (χ1v) is 11.2. The van der Waals surface area contributed by atoms with Crippen LogP contribution in [0, 0.1) is 6.92 Å². The van der Waals surface area contributed by atoms with Gasteiger partial charge in [0.05, 0.1) is 17.2 Å². The molecule has 0 radical (unpaired) electrons. The van der Waals surface area contributed by atoms with Crippen LogP contribution in [-0.4, -0.2) is 27.1 Å². The molecule has 7 heteroatoms. The molecule has 0 bridgehead atoms. The molecule has 3 aromatic carbocycles. The van der Waals surface area contributed by atoms with Crippen LogP contribution in [0.25, 0.3) is 21.9 Å². The lowest BCUT2D eigenvalue weighted by Gasteiger charge is -2.03. The SMILES string of the molecule is Cc1[nH]c2ccccc2c1C=NNC(=O)c1ccc(CSc2nc3ccccc3[nH]2)cc1. The number of para-hydroxylation sites is 3. The van der Waals surface area contributed by atoms with E-state index in [2.05, 4.69) is 25.5 Å². The maximum atomic E-state index is 12.5. The summed E-state index contributed by atoms with van der Waals surface area (Å²) in [4.78, 5) is 23.7. The third-order valence-corrected chi connectivity index (χ3v) is 6.21.